The average Bonchev–Trinajstić information content (AvgIpc) is 2.01. The van der Waals surface area contributed by atoms with Gasteiger partial charge in [-0.25, -0.2) is 0 Å². The van der Waals surface area contributed by atoms with Gasteiger partial charge in [0.15, 0.2) is 0 Å². The molecule has 1 N–H and O–H groups in total. The fraction of sp³-hybridized carbons (Fsp3) is 1.00. The van der Waals surface area contributed by atoms with Gasteiger partial charge in [-0.1, -0.05) is 0 Å². The van der Waals surface area contributed by atoms with Crippen molar-refractivity contribution in [3.63, 3.8) is 0 Å². The van der Waals surface area contributed by atoms with Gasteiger partial charge in [-0.3, -0.25) is 0 Å². The van der Waals surface area contributed by atoms with Crippen LogP contribution in [0.1, 0.15) is 0 Å². The van der Waals surface area contributed by atoms with E-state index in [4.69, 9.17) is 18.4 Å². The molecular weight excluding hydrogens is 180 g/mol. The Kier molecular flexibility index (Phi) is 8.74. The second-order valence-electron chi connectivity index (χ2n) is 1.77. The maximum atomic E-state index is 8.59. The minimum Gasteiger partial charge on any atom is -0.396 e. The first-order valence-electron chi connectivity index (χ1n) is 3.01. The lowest BCUT2D eigenvalue weighted by molar-refractivity contribution is 0.116. The molecular formula is C5H18O4Si2. The van der Waals surface area contributed by atoms with Crippen molar-refractivity contribution in [3.05, 3.63) is 0 Å². The molecule has 0 heterocycles. The third-order valence-corrected chi connectivity index (χ3v) is 4.05. The Labute approximate surface area is 72.9 Å². The lowest BCUT2D eigenvalue weighted by Crippen LogP contribution is -2.43. The predicted octanol–water partition coefficient (Wildman–Crippen LogP) is -1.59. The van der Waals surface area contributed by atoms with E-state index in [-0.39, 0.29) is 17.6 Å². The van der Waals surface area contributed by atoms with Gasteiger partial charge < -0.3 is 18.4 Å². The zero-order chi connectivity index (χ0) is 8.04. The summed E-state index contributed by atoms with van der Waals surface area (Å²) < 4.78 is 15.0. The van der Waals surface area contributed by atoms with Gasteiger partial charge >= 0.3 is 8.80 Å². The molecule has 0 saturated heterocycles. The molecule has 0 aromatic rings. The number of aliphatic hydroxyl groups is 1. The third kappa shape index (κ3) is 3.99. The second-order valence-corrected chi connectivity index (χ2v) is 4.86. The van der Waals surface area contributed by atoms with Crippen molar-refractivity contribution in [3.8, 4) is 0 Å². The molecule has 0 radical (unpaired) electrons. The normalized spacial score (nSPS) is 10.9. The minimum atomic E-state index is -2.47. The van der Waals surface area contributed by atoms with E-state index in [0.29, 0.717) is 6.04 Å². The van der Waals surface area contributed by atoms with Gasteiger partial charge in [0.2, 0.25) is 0 Å². The van der Waals surface area contributed by atoms with Crippen molar-refractivity contribution in [2.24, 2.45) is 0 Å². The van der Waals surface area contributed by atoms with Crippen LogP contribution in [0.5, 0.6) is 0 Å². The standard InChI is InChI=1S/C5H14O4Si.H4Si/c1-7-10(8-2,9-3)5-4-6;/h6H,4-5H2,1-3H3;1H4. The average molecular weight is 198 g/mol. The molecule has 0 atom stereocenters. The molecule has 0 fully saturated rings. The first-order valence-corrected chi connectivity index (χ1v) is 4.94. The minimum absolute atomic E-state index is 0. The number of hydrogen-bond donors (Lipinski definition) is 1. The highest BCUT2D eigenvalue weighted by atomic mass is 28.4. The van der Waals surface area contributed by atoms with Gasteiger partial charge in [0.05, 0.1) is 0 Å². The molecule has 0 aromatic heterocycles. The Morgan fingerprint density at radius 2 is 1.45 bits per heavy atom. The van der Waals surface area contributed by atoms with E-state index in [2.05, 4.69) is 0 Å². The number of hydrogen-bond acceptors (Lipinski definition) is 4. The highest BCUT2D eigenvalue weighted by Crippen LogP contribution is 2.10. The van der Waals surface area contributed by atoms with Crippen molar-refractivity contribution < 1.29 is 18.4 Å². The molecule has 0 amide bonds. The van der Waals surface area contributed by atoms with Crippen LogP contribution in [0, 0.1) is 0 Å². The topological polar surface area (TPSA) is 47.9 Å². The van der Waals surface area contributed by atoms with Gasteiger partial charge in [0, 0.05) is 34.0 Å². The molecule has 70 valence electrons. The third-order valence-electron chi connectivity index (χ3n) is 1.35. The number of rotatable bonds is 5. The molecule has 0 aliphatic rings. The monoisotopic (exact) mass is 198 g/mol. The van der Waals surface area contributed by atoms with E-state index in [9.17, 15) is 0 Å². The summed E-state index contributed by atoms with van der Waals surface area (Å²) in [5.74, 6) is 0. The largest absolute Gasteiger partial charge is 0.502 e. The van der Waals surface area contributed by atoms with Crippen LogP contribution in [-0.4, -0.2) is 52.8 Å². The van der Waals surface area contributed by atoms with Gasteiger partial charge in [0.1, 0.15) is 0 Å². The molecule has 0 rings (SSSR count). The zero-order valence-corrected chi connectivity index (χ0v) is 7.59. The summed E-state index contributed by atoms with van der Waals surface area (Å²) in [6.45, 7) is 0.0295. The zero-order valence-electron chi connectivity index (χ0n) is 6.59. The van der Waals surface area contributed by atoms with Crippen LogP contribution in [0.25, 0.3) is 0 Å². The summed E-state index contributed by atoms with van der Waals surface area (Å²) in [7, 11) is 2.10. The Morgan fingerprint density at radius 3 is 1.55 bits per heavy atom. The molecule has 11 heavy (non-hydrogen) atoms. The first kappa shape index (κ1) is 13.8. The molecule has 0 unspecified atom stereocenters. The Balaban J connectivity index is 0. The van der Waals surface area contributed by atoms with E-state index in [1.807, 2.05) is 0 Å². The van der Waals surface area contributed by atoms with Gasteiger partial charge in [0.25, 0.3) is 0 Å². The first-order chi connectivity index (χ1) is 4.74. The Hall–Kier alpha value is 0.274. The van der Waals surface area contributed by atoms with Gasteiger partial charge in [-0.05, 0) is 11.0 Å². The SMILES string of the molecule is CO[Si](CCO)(OC)OC.[SiH4]. The van der Waals surface area contributed by atoms with Crippen LogP contribution in [0.2, 0.25) is 6.04 Å². The van der Waals surface area contributed by atoms with Crippen molar-refractivity contribution in [2.45, 2.75) is 6.04 Å². The summed E-state index contributed by atoms with van der Waals surface area (Å²) in [5, 5.41) is 8.59. The van der Waals surface area contributed by atoms with Crippen molar-refractivity contribution in [2.75, 3.05) is 27.9 Å². The highest BCUT2D eigenvalue weighted by Gasteiger charge is 2.36. The summed E-state index contributed by atoms with van der Waals surface area (Å²) in [5.41, 5.74) is 0. The highest BCUT2D eigenvalue weighted by molar-refractivity contribution is 6.60. The fourth-order valence-electron chi connectivity index (χ4n) is 0.693. The molecule has 0 aliphatic carbocycles. The van der Waals surface area contributed by atoms with Crippen LogP contribution in [0.3, 0.4) is 0 Å². The van der Waals surface area contributed by atoms with Crippen LogP contribution < -0.4 is 0 Å². The summed E-state index contributed by atoms with van der Waals surface area (Å²) in [6.07, 6.45) is 0. The van der Waals surface area contributed by atoms with Crippen molar-refractivity contribution in [1.82, 2.24) is 0 Å². The van der Waals surface area contributed by atoms with E-state index in [1.54, 1.807) is 0 Å². The van der Waals surface area contributed by atoms with E-state index in [0.717, 1.165) is 0 Å². The molecule has 0 bridgehead atoms. The summed E-state index contributed by atoms with van der Waals surface area (Å²) in [4.78, 5) is 0. The van der Waals surface area contributed by atoms with Crippen molar-refractivity contribution >= 4 is 19.8 Å². The molecule has 0 aromatic carbocycles. The van der Waals surface area contributed by atoms with E-state index in [1.165, 1.54) is 21.3 Å². The number of aliphatic hydroxyl groups excluding tert-OH is 1. The molecule has 4 nitrogen and oxygen atoms in total. The summed E-state index contributed by atoms with van der Waals surface area (Å²) >= 11 is 0. The molecule has 6 heteroatoms. The lowest BCUT2D eigenvalue weighted by atomic mass is 10.9. The molecule has 0 saturated carbocycles. The predicted molar refractivity (Wildman–Crippen MR) is 50.0 cm³/mol. The van der Waals surface area contributed by atoms with Crippen LogP contribution in [-0.2, 0) is 13.3 Å². The van der Waals surface area contributed by atoms with E-state index < -0.39 is 8.80 Å². The van der Waals surface area contributed by atoms with Gasteiger partial charge in [-0.2, -0.15) is 0 Å². The second kappa shape index (κ2) is 6.95. The maximum absolute atomic E-state index is 8.59. The lowest BCUT2D eigenvalue weighted by Gasteiger charge is -2.22. The molecule has 0 aliphatic heterocycles. The summed E-state index contributed by atoms with van der Waals surface area (Å²) in [6, 6.07) is 0.441. The van der Waals surface area contributed by atoms with Crippen LogP contribution in [0.15, 0.2) is 0 Å². The van der Waals surface area contributed by atoms with Gasteiger partial charge in [-0.15, -0.1) is 0 Å². The van der Waals surface area contributed by atoms with Crippen LogP contribution >= 0.6 is 0 Å². The van der Waals surface area contributed by atoms with Crippen molar-refractivity contribution in [1.29, 1.82) is 0 Å². The Morgan fingerprint density at radius 1 is 1.09 bits per heavy atom. The van der Waals surface area contributed by atoms with E-state index >= 15 is 0 Å². The maximum Gasteiger partial charge on any atom is 0.502 e. The van der Waals surface area contributed by atoms with Crippen LogP contribution in [0.4, 0.5) is 0 Å². The Bertz CT molecular complexity index is 78.3. The smallest absolute Gasteiger partial charge is 0.396 e. The quantitative estimate of drug-likeness (QED) is 0.541. The fourth-order valence-corrected chi connectivity index (χ4v) is 2.08. The molecule has 0 spiro atoms.